The molecule has 5 heteroatoms. The molecule has 2 aromatic carbocycles. The molecule has 0 radical (unpaired) electrons. The Kier molecular flexibility index (Phi) is 3.81. The van der Waals surface area contributed by atoms with E-state index in [1.807, 2.05) is 0 Å². The van der Waals surface area contributed by atoms with E-state index in [9.17, 15) is 13.6 Å². The van der Waals surface area contributed by atoms with Crippen LogP contribution in [-0.4, -0.2) is 5.78 Å². The summed E-state index contributed by atoms with van der Waals surface area (Å²) in [5, 5.41) is -0.0579. The first kappa shape index (κ1) is 13.5. The molecule has 0 aliphatic heterocycles. The van der Waals surface area contributed by atoms with Gasteiger partial charge < -0.3 is 5.73 Å². The van der Waals surface area contributed by atoms with E-state index < -0.39 is 11.6 Å². The van der Waals surface area contributed by atoms with Crippen LogP contribution in [0.1, 0.15) is 15.9 Å². The highest BCUT2D eigenvalue weighted by atomic mass is 35.5. The summed E-state index contributed by atoms with van der Waals surface area (Å²) in [5.41, 5.74) is 5.98. The zero-order chi connectivity index (χ0) is 14.0. The monoisotopic (exact) mass is 281 g/mol. The van der Waals surface area contributed by atoms with E-state index in [-0.39, 0.29) is 28.5 Å². The van der Waals surface area contributed by atoms with Gasteiger partial charge in [-0.2, -0.15) is 0 Å². The van der Waals surface area contributed by atoms with E-state index in [1.54, 1.807) is 0 Å². The Labute approximate surface area is 113 Å². The first-order valence-electron chi connectivity index (χ1n) is 5.50. The minimum absolute atomic E-state index is 0.0202. The SMILES string of the molecule is Nc1c(F)cccc1C(=O)Cc1ccc(F)c(Cl)c1. The molecular weight excluding hydrogens is 272 g/mol. The highest BCUT2D eigenvalue weighted by molar-refractivity contribution is 6.30. The summed E-state index contributed by atoms with van der Waals surface area (Å²) in [7, 11) is 0. The summed E-state index contributed by atoms with van der Waals surface area (Å²) < 4.78 is 26.2. The lowest BCUT2D eigenvalue weighted by Gasteiger charge is -2.06. The van der Waals surface area contributed by atoms with Crippen LogP contribution in [-0.2, 0) is 6.42 Å². The van der Waals surface area contributed by atoms with E-state index in [0.717, 1.165) is 0 Å². The largest absolute Gasteiger partial charge is 0.396 e. The van der Waals surface area contributed by atoms with Gasteiger partial charge in [0, 0.05) is 12.0 Å². The van der Waals surface area contributed by atoms with Crippen LogP contribution >= 0.6 is 11.6 Å². The van der Waals surface area contributed by atoms with Gasteiger partial charge in [0.25, 0.3) is 0 Å². The quantitative estimate of drug-likeness (QED) is 0.690. The minimum atomic E-state index is -0.636. The highest BCUT2D eigenvalue weighted by Crippen LogP contribution is 2.20. The van der Waals surface area contributed by atoms with Gasteiger partial charge in [0.15, 0.2) is 5.78 Å². The fourth-order valence-corrected chi connectivity index (χ4v) is 1.91. The Bertz CT molecular complexity index is 643. The van der Waals surface area contributed by atoms with Crippen LogP contribution < -0.4 is 5.73 Å². The van der Waals surface area contributed by atoms with Gasteiger partial charge in [-0.15, -0.1) is 0 Å². The number of nitrogens with two attached hydrogens (primary N) is 1. The Morgan fingerprint density at radius 3 is 2.58 bits per heavy atom. The molecule has 2 rings (SSSR count). The molecule has 0 aliphatic carbocycles. The Morgan fingerprint density at radius 1 is 1.16 bits per heavy atom. The lowest BCUT2D eigenvalue weighted by molar-refractivity contribution is 0.0993. The number of anilines is 1. The number of rotatable bonds is 3. The van der Waals surface area contributed by atoms with Crippen LogP contribution in [0.5, 0.6) is 0 Å². The smallest absolute Gasteiger partial charge is 0.169 e. The maximum Gasteiger partial charge on any atom is 0.169 e. The van der Waals surface area contributed by atoms with Crippen LogP contribution in [0.3, 0.4) is 0 Å². The highest BCUT2D eigenvalue weighted by Gasteiger charge is 2.13. The Hall–Kier alpha value is -1.94. The zero-order valence-corrected chi connectivity index (χ0v) is 10.5. The summed E-state index contributed by atoms with van der Waals surface area (Å²) in [5.74, 6) is -1.54. The maximum absolute atomic E-state index is 13.2. The summed E-state index contributed by atoms with van der Waals surface area (Å²) >= 11 is 5.63. The van der Waals surface area contributed by atoms with Crippen molar-refractivity contribution < 1.29 is 13.6 Å². The summed E-state index contributed by atoms with van der Waals surface area (Å²) in [6, 6.07) is 8.04. The molecule has 2 nitrogen and oxygen atoms in total. The first-order valence-corrected chi connectivity index (χ1v) is 5.88. The third-order valence-corrected chi connectivity index (χ3v) is 2.99. The minimum Gasteiger partial charge on any atom is -0.396 e. The molecule has 0 heterocycles. The van der Waals surface area contributed by atoms with Gasteiger partial charge in [0.05, 0.1) is 10.7 Å². The molecule has 0 spiro atoms. The number of Topliss-reactive ketones (excluding diaryl/α,β-unsaturated/α-hetero) is 1. The number of ketones is 1. The lowest BCUT2D eigenvalue weighted by Crippen LogP contribution is -2.08. The molecule has 0 saturated carbocycles. The molecule has 0 saturated heterocycles. The van der Waals surface area contributed by atoms with Crippen molar-refractivity contribution >= 4 is 23.1 Å². The van der Waals surface area contributed by atoms with Crippen molar-refractivity contribution in [2.45, 2.75) is 6.42 Å². The van der Waals surface area contributed by atoms with Crippen LogP contribution in [0, 0.1) is 11.6 Å². The number of hydrogen-bond donors (Lipinski definition) is 1. The standard InChI is InChI=1S/C14H10ClF2NO/c15-10-6-8(4-5-11(10)16)7-13(19)9-2-1-3-12(17)14(9)18/h1-6H,7,18H2. The molecule has 2 N–H and O–H groups in total. The van der Waals surface area contributed by atoms with Crippen LogP contribution in [0.4, 0.5) is 14.5 Å². The van der Waals surface area contributed by atoms with Crippen LogP contribution in [0.2, 0.25) is 5.02 Å². The number of nitrogen functional groups attached to an aromatic ring is 1. The van der Waals surface area contributed by atoms with Crippen LogP contribution in [0.15, 0.2) is 36.4 Å². The number of halogens is 3. The van der Waals surface area contributed by atoms with E-state index in [2.05, 4.69) is 0 Å². The van der Waals surface area contributed by atoms with Gasteiger partial charge in [-0.1, -0.05) is 23.7 Å². The molecule has 0 aromatic heterocycles. The van der Waals surface area contributed by atoms with Gasteiger partial charge in [0.1, 0.15) is 11.6 Å². The molecule has 19 heavy (non-hydrogen) atoms. The predicted molar refractivity (Wildman–Crippen MR) is 70.3 cm³/mol. The average molecular weight is 282 g/mol. The lowest BCUT2D eigenvalue weighted by atomic mass is 10.0. The van der Waals surface area contributed by atoms with E-state index >= 15 is 0 Å². The molecule has 98 valence electrons. The third-order valence-electron chi connectivity index (χ3n) is 2.70. The van der Waals surface area contributed by atoms with Gasteiger partial charge >= 0.3 is 0 Å². The van der Waals surface area contributed by atoms with Gasteiger partial charge in [-0.25, -0.2) is 8.78 Å². The maximum atomic E-state index is 13.2. The number of benzene rings is 2. The third kappa shape index (κ3) is 2.90. The van der Waals surface area contributed by atoms with Crippen molar-refractivity contribution in [2.24, 2.45) is 0 Å². The van der Waals surface area contributed by atoms with Gasteiger partial charge in [-0.05, 0) is 29.8 Å². The molecule has 0 bridgehead atoms. The Morgan fingerprint density at radius 2 is 1.89 bits per heavy atom. The average Bonchev–Trinajstić information content (AvgIpc) is 2.37. The molecule has 0 aliphatic rings. The van der Waals surface area contributed by atoms with Crippen molar-refractivity contribution in [2.75, 3.05) is 5.73 Å². The second-order valence-electron chi connectivity index (χ2n) is 4.05. The van der Waals surface area contributed by atoms with Crippen molar-refractivity contribution in [1.29, 1.82) is 0 Å². The number of hydrogen-bond acceptors (Lipinski definition) is 2. The van der Waals surface area contributed by atoms with E-state index in [0.29, 0.717) is 5.56 Å². The van der Waals surface area contributed by atoms with Crippen molar-refractivity contribution in [3.8, 4) is 0 Å². The fourth-order valence-electron chi connectivity index (χ4n) is 1.71. The van der Waals surface area contributed by atoms with Crippen molar-refractivity contribution in [3.05, 3.63) is 64.2 Å². The number of para-hydroxylation sites is 1. The molecule has 2 aromatic rings. The topological polar surface area (TPSA) is 43.1 Å². The number of carbonyl (C=O) groups excluding carboxylic acids is 1. The fraction of sp³-hybridized carbons (Fsp3) is 0.0714. The predicted octanol–water partition coefficient (Wildman–Crippen LogP) is 3.63. The van der Waals surface area contributed by atoms with Gasteiger partial charge in [0.2, 0.25) is 0 Å². The second-order valence-corrected chi connectivity index (χ2v) is 4.46. The molecule has 0 unspecified atom stereocenters. The first-order chi connectivity index (χ1) is 8.99. The summed E-state index contributed by atoms with van der Waals surface area (Å²) in [6.45, 7) is 0. The van der Waals surface area contributed by atoms with Gasteiger partial charge in [-0.3, -0.25) is 4.79 Å². The van der Waals surface area contributed by atoms with E-state index in [4.69, 9.17) is 17.3 Å². The molecular formula is C14H10ClF2NO. The summed E-state index contributed by atoms with van der Waals surface area (Å²) in [6.07, 6.45) is -0.0202. The number of carbonyl (C=O) groups is 1. The van der Waals surface area contributed by atoms with Crippen molar-refractivity contribution in [3.63, 3.8) is 0 Å². The molecule has 0 atom stereocenters. The van der Waals surface area contributed by atoms with E-state index in [1.165, 1.54) is 36.4 Å². The van der Waals surface area contributed by atoms with Crippen molar-refractivity contribution in [1.82, 2.24) is 0 Å². The molecule has 0 fully saturated rings. The zero-order valence-electron chi connectivity index (χ0n) is 9.79. The molecule has 0 amide bonds. The van der Waals surface area contributed by atoms with Crippen LogP contribution in [0.25, 0.3) is 0 Å². The second kappa shape index (κ2) is 5.36. The Balaban J connectivity index is 2.26. The summed E-state index contributed by atoms with van der Waals surface area (Å²) in [4.78, 5) is 12.0. The normalized spacial score (nSPS) is 10.5.